The number of hydrogen-bond acceptors (Lipinski definition) is 3. The zero-order valence-electron chi connectivity index (χ0n) is 11.0. The number of rotatable bonds is 4. The Kier molecular flexibility index (Phi) is 3.34. The molecule has 0 aromatic carbocycles. The fourth-order valence-corrected chi connectivity index (χ4v) is 3.28. The van der Waals surface area contributed by atoms with Crippen LogP contribution in [0.4, 0.5) is 0 Å². The maximum atomic E-state index is 12.0. The predicted molar refractivity (Wildman–Crippen MR) is 73.4 cm³/mol. The van der Waals surface area contributed by atoms with Gasteiger partial charge in [-0.1, -0.05) is 12.1 Å². The largest absolute Gasteiger partial charge is 0.334 e. The van der Waals surface area contributed by atoms with Crippen molar-refractivity contribution < 1.29 is 4.79 Å². The molecule has 2 saturated heterocycles. The summed E-state index contributed by atoms with van der Waals surface area (Å²) in [6.45, 7) is 6.31. The van der Waals surface area contributed by atoms with E-state index in [4.69, 9.17) is 0 Å². The van der Waals surface area contributed by atoms with Gasteiger partial charge in [-0.3, -0.25) is 14.7 Å². The first-order chi connectivity index (χ1) is 9.29. The number of fused-ring (bicyclic) bond motifs is 1. The number of amides is 1. The molecule has 0 saturated carbocycles. The van der Waals surface area contributed by atoms with E-state index >= 15 is 0 Å². The van der Waals surface area contributed by atoms with E-state index in [1.807, 2.05) is 35.4 Å². The summed E-state index contributed by atoms with van der Waals surface area (Å²) >= 11 is 0. The average Bonchev–Trinajstić information content (AvgIpc) is 2.93. The molecular weight excluding hydrogens is 238 g/mol. The van der Waals surface area contributed by atoms with Crippen molar-refractivity contribution in [2.75, 3.05) is 13.1 Å². The van der Waals surface area contributed by atoms with Gasteiger partial charge in [-0.25, -0.2) is 0 Å². The molecule has 2 aliphatic heterocycles. The fourth-order valence-electron chi connectivity index (χ4n) is 3.28. The molecule has 0 unspecified atom stereocenters. The van der Waals surface area contributed by atoms with Gasteiger partial charge in [-0.2, -0.15) is 0 Å². The zero-order chi connectivity index (χ0) is 13.2. The molecule has 3 heterocycles. The van der Waals surface area contributed by atoms with Crippen LogP contribution in [0.2, 0.25) is 0 Å². The third-order valence-corrected chi connectivity index (χ3v) is 4.15. The Hall–Kier alpha value is -1.68. The Morgan fingerprint density at radius 3 is 3.05 bits per heavy atom. The van der Waals surface area contributed by atoms with Crippen molar-refractivity contribution in [1.82, 2.24) is 14.8 Å². The molecule has 0 N–H and O–H groups in total. The van der Waals surface area contributed by atoms with E-state index in [0.29, 0.717) is 25.0 Å². The Labute approximate surface area is 113 Å². The van der Waals surface area contributed by atoms with Crippen LogP contribution >= 0.6 is 0 Å². The van der Waals surface area contributed by atoms with E-state index < -0.39 is 0 Å². The minimum atomic E-state index is 0.264. The first-order valence-electron chi connectivity index (χ1n) is 6.84. The van der Waals surface area contributed by atoms with Gasteiger partial charge in [-0.15, -0.1) is 6.58 Å². The van der Waals surface area contributed by atoms with Crippen molar-refractivity contribution in [3.63, 3.8) is 0 Å². The SMILES string of the molecule is C=CCN1C(=O)C[C@H]2[C@H]1CCN2Cc1ccccn1. The van der Waals surface area contributed by atoms with Crippen LogP contribution in [0, 0.1) is 0 Å². The highest BCUT2D eigenvalue weighted by Crippen LogP contribution is 2.32. The molecule has 0 spiro atoms. The highest BCUT2D eigenvalue weighted by atomic mass is 16.2. The smallest absolute Gasteiger partial charge is 0.224 e. The van der Waals surface area contributed by atoms with E-state index in [0.717, 1.165) is 25.2 Å². The minimum absolute atomic E-state index is 0.264. The molecule has 2 aliphatic rings. The highest BCUT2D eigenvalue weighted by molar-refractivity contribution is 5.80. The summed E-state index contributed by atoms with van der Waals surface area (Å²) in [7, 11) is 0. The van der Waals surface area contributed by atoms with Crippen LogP contribution in [0.3, 0.4) is 0 Å². The number of nitrogens with zero attached hydrogens (tertiary/aromatic N) is 3. The molecular formula is C15H19N3O. The lowest BCUT2D eigenvalue weighted by Crippen LogP contribution is -2.37. The molecule has 0 bridgehead atoms. The third-order valence-electron chi connectivity index (χ3n) is 4.15. The topological polar surface area (TPSA) is 36.4 Å². The number of likely N-dealkylation sites (tertiary alicyclic amines) is 2. The molecule has 4 heteroatoms. The summed E-state index contributed by atoms with van der Waals surface area (Å²) in [6.07, 6.45) is 5.36. The first-order valence-corrected chi connectivity index (χ1v) is 6.84. The standard InChI is InChI=1S/C15H19N3O/c1-2-8-18-13-6-9-17(14(13)10-15(18)19)11-12-5-3-4-7-16-12/h2-5,7,13-14H,1,6,8-11H2/t13-,14+/m1/s1. The second-order valence-electron chi connectivity index (χ2n) is 5.25. The van der Waals surface area contributed by atoms with Crippen LogP contribution < -0.4 is 0 Å². The number of carbonyl (C=O) groups is 1. The van der Waals surface area contributed by atoms with E-state index in [1.165, 1.54) is 0 Å². The predicted octanol–water partition coefficient (Wildman–Crippen LogP) is 1.44. The Morgan fingerprint density at radius 2 is 2.32 bits per heavy atom. The molecule has 19 heavy (non-hydrogen) atoms. The minimum Gasteiger partial charge on any atom is -0.334 e. The number of pyridine rings is 1. The van der Waals surface area contributed by atoms with Gasteiger partial charge in [0.05, 0.1) is 5.69 Å². The Bertz CT molecular complexity index is 474. The maximum absolute atomic E-state index is 12.0. The van der Waals surface area contributed by atoms with Gasteiger partial charge in [0.25, 0.3) is 0 Å². The van der Waals surface area contributed by atoms with Crippen molar-refractivity contribution >= 4 is 5.91 Å². The molecule has 2 fully saturated rings. The van der Waals surface area contributed by atoms with Crippen molar-refractivity contribution in [3.05, 3.63) is 42.7 Å². The lowest BCUT2D eigenvalue weighted by Gasteiger charge is -2.24. The van der Waals surface area contributed by atoms with Gasteiger partial charge in [-0.05, 0) is 18.6 Å². The zero-order valence-corrected chi connectivity index (χ0v) is 11.0. The first kappa shape index (κ1) is 12.4. The normalized spacial score (nSPS) is 26.7. The molecule has 1 aromatic rings. The van der Waals surface area contributed by atoms with Crippen LogP contribution in [-0.2, 0) is 11.3 Å². The van der Waals surface area contributed by atoms with Crippen LogP contribution in [0.5, 0.6) is 0 Å². The molecule has 1 aromatic heterocycles. The average molecular weight is 257 g/mol. The molecule has 2 atom stereocenters. The van der Waals surface area contributed by atoms with Crippen molar-refractivity contribution in [3.8, 4) is 0 Å². The van der Waals surface area contributed by atoms with E-state index in [9.17, 15) is 4.79 Å². The van der Waals surface area contributed by atoms with Gasteiger partial charge in [0.15, 0.2) is 0 Å². The third kappa shape index (κ3) is 2.28. The second-order valence-corrected chi connectivity index (χ2v) is 5.25. The summed E-state index contributed by atoms with van der Waals surface area (Å²) in [5.41, 5.74) is 1.08. The monoisotopic (exact) mass is 257 g/mol. The molecule has 0 aliphatic carbocycles. The van der Waals surface area contributed by atoms with Crippen LogP contribution in [0.25, 0.3) is 0 Å². The molecule has 0 radical (unpaired) electrons. The van der Waals surface area contributed by atoms with Gasteiger partial charge in [0.1, 0.15) is 0 Å². The van der Waals surface area contributed by atoms with Crippen LogP contribution in [0.1, 0.15) is 18.5 Å². The quantitative estimate of drug-likeness (QED) is 0.766. The molecule has 1 amide bonds. The van der Waals surface area contributed by atoms with Gasteiger partial charge in [0, 0.05) is 44.3 Å². The van der Waals surface area contributed by atoms with Gasteiger partial charge >= 0.3 is 0 Å². The summed E-state index contributed by atoms with van der Waals surface area (Å²) < 4.78 is 0. The maximum Gasteiger partial charge on any atom is 0.224 e. The fraction of sp³-hybridized carbons (Fsp3) is 0.467. The number of aromatic nitrogens is 1. The number of carbonyl (C=O) groups excluding carboxylic acids is 1. The highest BCUT2D eigenvalue weighted by Gasteiger charge is 2.45. The van der Waals surface area contributed by atoms with E-state index in [1.54, 1.807) is 0 Å². The van der Waals surface area contributed by atoms with Crippen LogP contribution in [-0.4, -0.2) is 45.9 Å². The molecule has 4 nitrogen and oxygen atoms in total. The summed E-state index contributed by atoms with van der Waals surface area (Å²) in [5, 5.41) is 0. The van der Waals surface area contributed by atoms with Crippen molar-refractivity contribution in [1.29, 1.82) is 0 Å². The van der Waals surface area contributed by atoms with Crippen molar-refractivity contribution in [2.24, 2.45) is 0 Å². The molecule has 100 valence electrons. The summed E-state index contributed by atoms with van der Waals surface area (Å²) in [6, 6.07) is 6.72. The second kappa shape index (κ2) is 5.13. The lowest BCUT2D eigenvalue weighted by atomic mass is 10.1. The Morgan fingerprint density at radius 1 is 1.42 bits per heavy atom. The van der Waals surface area contributed by atoms with Crippen molar-refractivity contribution in [2.45, 2.75) is 31.5 Å². The van der Waals surface area contributed by atoms with Gasteiger partial charge < -0.3 is 4.90 Å². The summed E-state index contributed by atoms with van der Waals surface area (Å²) in [4.78, 5) is 20.8. The summed E-state index contributed by atoms with van der Waals surface area (Å²) in [5.74, 6) is 0.264. The molecule has 3 rings (SSSR count). The number of hydrogen-bond donors (Lipinski definition) is 0. The van der Waals surface area contributed by atoms with E-state index in [2.05, 4.69) is 16.5 Å². The lowest BCUT2D eigenvalue weighted by molar-refractivity contribution is -0.128. The van der Waals surface area contributed by atoms with E-state index in [-0.39, 0.29) is 5.91 Å². The van der Waals surface area contributed by atoms with Crippen LogP contribution in [0.15, 0.2) is 37.1 Å². The van der Waals surface area contributed by atoms with Gasteiger partial charge in [0.2, 0.25) is 5.91 Å². The Balaban J connectivity index is 1.71.